The van der Waals surface area contributed by atoms with Crippen LogP contribution in [0, 0.1) is 22.7 Å². The maximum absolute atomic E-state index is 12.7. The lowest BCUT2D eigenvalue weighted by Gasteiger charge is -2.54. The van der Waals surface area contributed by atoms with Crippen LogP contribution in [0.1, 0.15) is 66.7 Å². The van der Waals surface area contributed by atoms with Gasteiger partial charge in [0.2, 0.25) is 0 Å². The van der Waals surface area contributed by atoms with Crippen LogP contribution in [0.4, 0.5) is 0 Å². The van der Waals surface area contributed by atoms with Crippen molar-refractivity contribution in [2.75, 3.05) is 0 Å². The summed E-state index contributed by atoms with van der Waals surface area (Å²) in [6, 6.07) is 0. The molecule has 0 radical (unpaired) electrons. The summed E-state index contributed by atoms with van der Waals surface area (Å²) >= 11 is 3.95. The van der Waals surface area contributed by atoms with E-state index in [1.165, 1.54) is 12.5 Å². The van der Waals surface area contributed by atoms with Crippen molar-refractivity contribution in [2.24, 2.45) is 22.7 Å². The lowest BCUT2D eigenvalue weighted by Crippen LogP contribution is -2.48. The summed E-state index contributed by atoms with van der Waals surface area (Å²) in [6.07, 6.45) is 4.22. The molecule has 0 N–H and O–H groups in total. The van der Waals surface area contributed by atoms with Crippen LogP contribution < -0.4 is 0 Å². The van der Waals surface area contributed by atoms with Crippen LogP contribution in [0.5, 0.6) is 0 Å². The van der Waals surface area contributed by atoms with E-state index in [1.54, 1.807) is 0 Å². The van der Waals surface area contributed by atoms with Crippen LogP contribution >= 0.6 is 15.9 Å². The number of allylic oxidation sites excluding steroid dienone is 2. The number of carbonyl (C=O) groups is 2. The van der Waals surface area contributed by atoms with Gasteiger partial charge in [0.15, 0.2) is 5.78 Å². The van der Waals surface area contributed by atoms with Crippen molar-refractivity contribution in [3.63, 3.8) is 0 Å². The van der Waals surface area contributed by atoms with E-state index in [0.717, 1.165) is 36.8 Å². The van der Waals surface area contributed by atoms with Gasteiger partial charge in [-0.15, -0.1) is 0 Å². The molecule has 0 saturated heterocycles. The maximum Gasteiger partial charge on any atom is 0.303 e. The molecule has 0 aliphatic heterocycles. The minimum atomic E-state index is -0.238. The number of rotatable bonds is 1. The molecule has 3 rings (SSSR count). The Kier molecular flexibility index (Phi) is 5.05. The van der Waals surface area contributed by atoms with Gasteiger partial charge in [-0.2, -0.15) is 0 Å². The van der Waals surface area contributed by atoms with Crippen molar-refractivity contribution in [3.8, 4) is 0 Å². The quantitative estimate of drug-likeness (QED) is 0.323. The second-order valence-electron chi connectivity index (χ2n) is 9.41. The minimum absolute atomic E-state index is 0.0118. The average molecular weight is 423 g/mol. The van der Waals surface area contributed by atoms with E-state index < -0.39 is 0 Å². The summed E-state index contributed by atoms with van der Waals surface area (Å²) in [6.45, 7) is 14.8. The van der Waals surface area contributed by atoms with Crippen molar-refractivity contribution >= 4 is 27.7 Å². The molecule has 3 nitrogen and oxygen atoms in total. The highest BCUT2D eigenvalue weighted by molar-refractivity contribution is 9.09. The largest absolute Gasteiger partial charge is 0.458 e. The molecule has 2 fully saturated rings. The van der Waals surface area contributed by atoms with Gasteiger partial charge in [0.05, 0.1) is 0 Å². The maximum atomic E-state index is 12.7. The van der Waals surface area contributed by atoms with E-state index in [4.69, 9.17) is 4.74 Å². The van der Waals surface area contributed by atoms with Gasteiger partial charge in [-0.25, -0.2) is 0 Å². The highest BCUT2D eigenvalue weighted by Gasteiger charge is 2.52. The molecule has 3 aliphatic rings. The topological polar surface area (TPSA) is 43.4 Å². The molecule has 0 amide bonds. The molecule has 144 valence electrons. The second-order valence-corrected chi connectivity index (χ2v) is 10.5. The van der Waals surface area contributed by atoms with Crippen LogP contribution in [0.25, 0.3) is 0 Å². The minimum Gasteiger partial charge on any atom is -0.458 e. The molecular weight excluding hydrogens is 392 g/mol. The number of alkyl halides is 1. The molecule has 26 heavy (non-hydrogen) atoms. The van der Waals surface area contributed by atoms with E-state index in [2.05, 4.69) is 43.3 Å². The molecule has 0 heterocycles. The Balaban J connectivity index is 2.02. The van der Waals surface area contributed by atoms with E-state index >= 15 is 0 Å². The summed E-state index contributed by atoms with van der Waals surface area (Å²) in [4.78, 5) is 24.4. The fourth-order valence-corrected chi connectivity index (χ4v) is 7.48. The summed E-state index contributed by atoms with van der Waals surface area (Å²) in [5.41, 5.74) is 3.41. The third kappa shape index (κ3) is 3.12. The lowest BCUT2D eigenvalue weighted by molar-refractivity contribution is -0.147. The molecule has 2 saturated carbocycles. The van der Waals surface area contributed by atoms with E-state index in [1.807, 2.05) is 6.92 Å². The van der Waals surface area contributed by atoms with E-state index in [-0.39, 0.29) is 39.4 Å². The van der Waals surface area contributed by atoms with Gasteiger partial charge in [-0.05, 0) is 72.0 Å². The number of ketones is 1. The third-order valence-electron chi connectivity index (χ3n) is 7.44. The second kappa shape index (κ2) is 6.61. The molecule has 0 aromatic heterocycles. The third-order valence-corrected chi connectivity index (χ3v) is 8.22. The first-order valence-corrected chi connectivity index (χ1v) is 10.6. The number of Topliss-reactive ketones (excluding diaryl/α,β-unsaturated/α-hetero) is 1. The van der Waals surface area contributed by atoms with Crippen molar-refractivity contribution < 1.29 is 14.3 Å². The number of fused-ring (bicyclic) bond motifs is 3. The number of ether oxygens (including phenoxy) is 1. The molecular formula is C22H31BrO3. The SMILES string of the molecule is C=C1[C@@H](OC(C)=O)CC[C@@]2(C)CC(Br)C3=C(C)C(=O)C[C@@H](C[C@H]12)C3(C)C. The van der Waals surface area contributed by atoms with E-state index in [9.17, 15) is 9.59 Å². The van der Waals surface area contributed by atoms with Gasteiger partial charge in [0, 0.05) is 18.2 Å². The van der Waals surface area contributed by atoms with Gasteiger partial charge < -0.3 is 4.74 Å². The van der Waals surface area contributed by atoms with Gasteiger partial charge in [-0.1, -0.05) is 43.3 Å². The Bertz CT molecular complexity index is 690. The highest BCUT2D eigenvalue weighted by atomic mass is 79.9. The zero-order chi connectivity index (χ0) is 19.4. The van der Waals surface area contributed by atoms with Crippen LogP contribution in [0.15, 0.2) is 23.3 Å². The van der Waals surface area contributed by atoms with Crippen molar-refractivity contribution in [2.45, 2.75) is 77.7 Å². The molecule has 1 unspecified atom stereocenters. The lowest BCUT2D eigenvalue weighted by atomic mass is 9.52. The van der Waals surface area contributed by atoms with Crippen LogP contribution in [0.3, 0.4) is 0 Å². The predicted octanol–water partition coefficient (Wildman–Crippen LogP) is 5.38. The highest BCUT2D eigenvalue weighted by Crippen LogP contribution is 2.59. The number of hydrogen-bond acceptors (Lipinski definition) is 3. The Labute approximate surface area is 165 Å². The number of carbonyl (C=O) groups excluding carboxylic acids is 2. The fourth-order valence-electron chi connectivity index (χ4n) is 5.81. The molecule has 0 spiro atoms. The van der Waals surface area contributed by atoms with Gasteiger partial charge in [0.25, 0.3) is 0 Å². The molecule has 4 heteroatoms. The normalized spacial score (nSPS) is 39.8. The average Bonchev–Trinajstić information content (AvgIpc) is 2.50. The van der Waals surface area contributed by atoms with E-state index in [0.29, 0.717) is 12.3 Å². The monoisotopic (exact) mass is 422 g/mol. The fraction of sp³-hybridized carbons (Fsp3) is 0.727. The predicted molar refractivity (Wildman–Crippen MR) is 107 cm³/mol. The van der Waals surface area contributed by atoms with Crippen LogP contribution in [-0.4, -0.2) is 22.7 Å². The summed E-state index contributed by atoms with van der Waals surface area (Å²) in [5.74, 6) is 0.622. The van der Waals surface area contributed by atoms with Gasteiger partial charge in [-0.3, -0.25) is 9.59 Å². The van der Waals surface area contributed by atoms with Crippen LogP contribution in [-0.2, 0) is 14.3 Å². The number of esters is 1. The smallest absolute Gasteiger partial charge is 0.303 e. The molecule has 3 aliphatic carbocycles. The Morgan fingerprint density at radius 2 is 1.96 bits per heavy atom. The molecule has 0 aromatic carbocycles. The Hall–Kier alpha value is -0.900. The first-order chi connectivity index (χ1) is 12.0. The van der Waals surface area contributed by atoms with Gasteiger partial charge >= 0.3 is 5.97 Å². The number of hydrogen-bond donors (Lipinski definition) is 0. The summed E-state index contributed by atoms with van der Waals surface area (Å²) in [7, 11) is 0. The van der Waals surface area contributed by atoms with Crippen molar-refractivity contribution in [3.05, 3.63) is 23.3 Å². The Morgan fingerprint density at radius 3 is 2.58 bits per heavy atom. The first-order valence-electron chi connectivity index (χ1n) is 9.72. The van der Waals surface area contributed by atoms with Crippen LogP contribution in [0.2, 0.25) is 0 Å². The summed E-state index contributed by atoms with van der Waals surface area (Å²) < 4.78 is 5.56. The first kappa shape index (κ1) is 19.9. The molecule has 2 bridgehead atoms. The van der Waals surface area contributed by atoms with Crippen molar-refractivity contribution in [1.29, 1.82) is 0 Å². The zero-order valence-electron chi connectivity index (χ0n) is 16.7. The molecule has 5 atom stereocenters. The Morgan fingerprint density at radius 1 is 1.31 bits per heavy atom. The number of halogens is 1. The molecule has 0 aromatic rings. The standard InChI is InChI=1S/C22H31BrO3/c1-12-16-9-15-10-18(25)13(2)20(21(15,4)5)17(23)11-22(16,6)8-7-19(12)26-14(3)24/h15-17,19H,1,7-11H2,2-6H3/t15-,16-,17?,19+,22+/m1/s1. The summed E-state index contributed by atoms with van der Waals surface area (Å²) in [5, 5.41) is 0. The van der Waals surface area contributed by atoms with Crippen molar-refractivity contribution in [1.82, 2.24) is 0 Å². The zero-order valence-corrected chi connectivity index (χ0v) is 18.2. The van der Waals surface area contributed by atoms with Gasteiger partial charge in [0.1, 0.15) is 6.10 Å².